The minimum atomic E-state index is -0.290. The van der Waals surface area contributed by atoms with Crippen LogP contribution in [0.4, 0.5) is 27.1 Å². The third-order valence-corrected chi connectivity index (χ3v) is 11.8. The summed E-state index contributed by atoms with van der Waals surface area (Å²) in [5, 5.41) is 1.96. The van der Waals surface area contributed by atoms with E-state index in [1.807, 2.05) is 41.1 Å². The maximum absolute atomic E-state index is 14.8. The number of hydrogen-bond donors (Lipinski definition) is 0. The number of hydrogen-bond acceptors (Lipinski definition) is 4. The molecule has 0 fully saturated rings. The van der Waals surface area contributed by atoms with Crippen LogP contribution in [-0.2, 0) is 16.2 Å². The SMILES string of the molecule is CC(C)(C)c1cc(N2CN(c3cccc(Oc4ccc5c6ccc(F)cc6n(-c6cc(C(C)(C)C)ccn6)c5c4)c3)c3cccc(-c4ccccc4)c32)cc(C(C)(C)C)c1. The van der Waals surface area contributed by atoms with Crippen molar-refractivity contribution in [1.82, 2.24) is 9.55 Å². The molecule has 2 aromatic heterocycles. The lowest BCUT2D eigenvalue weighted by Gasteiger charge is -2.30. The minimum absolute atomic E-state index is 0.0244. The van der Waals surface area contributed by atoms with Gasteiger partial charge in [-0.3, -0.25) is 4.57 Å². The number of nitrogens with zero attached hydrogens (tertiary/aromatic N) is 4. The summed E-state index contributed by atoms with van der Waals surface area (Å²) in [5.41, 5.74) is 12.2. The Bertz CT molecular complexity index is 2880. The number of benzene rings is 6. The van der Waals surface area contributed by atoms with Crippen molar-refractivity contribution in [3.8, 4) is 28.4 Å². The Labute approximate surface area is 353 Å². The summed E-state index contributed by atoms with van der Waals surface area (Å²) in [6.45, 7) is 20.9. The maximum Gasteiger partial charge on any atom is 0.137 e. The summed E-state index contributed by atoms with van der Waals surface area (Å²) >= 11 is 0. The molecular formula is C54H53FN4O. The molecule has 1 aliphatic rings. The van der Waals surface area contributed by atoms with E-state index in [0.717, 1.165) is 50.3 Å². The van der Waals surface area contributed by atoms with E-state index < -0.39 is 0 Å². The standard InChI is InChI=1S/C54H53FN4O/c1-52(2,3)36-25-26-56-50(30-36)59-48-31-39(55)21-23-45(48)46-24-22-43(33-49(46)59)60-42-18-13-17-40(32-42)57-34-58(41-28-37(53(4,5)6)27-38(29-41)54(7,8)9)51-44(19-14-20-47(51)57)35-15-11-10-12-16-35/h10-33H,34H2,1-9H3. The van der Waals surface area contributed by atoms with Gasteiger partial charge in [-0.2, -0.15) is 0 Å². The molecule has 6 aromatic carbocycles. The predicted molar refractivity (Wildman–Crippen MR) is 249 cm³/mol. The molecule has 9 rings (SSSR count). The molecule has 5 nitrogen and oxygen atoms in total. The number of halogens is 1. The van der Waals surface area contributed by atoms with Gasteiger partial charge in [-0.25, -0.2) is 9.37 Å². The Morgan fingerprint density at radius 3 is 1.88 bits per heavy atom. The van der Waals surface area contributed by atoms with Gasteiger partial charge in [0.05, 0.1) is 22.4 Å². The first kappa shape index (κ1) is 39.1. The maximum atomic E-state index is 14.8. The molecule has 60 heavy (non-hydrogen) atoms. The quantitative estimate of drug-likeness (QED) is 0.168. The molecule has 302 valence electrons. The first-order chi connectivity index (χ1) is 28.5. The van der Waals surface area contributed by atoms with Crippen LogP contribution in [0.15, 0.2) is 146 Å². The molecule has 8 aromatic rings. The van der Waals surface area contributed by atoms with Crippen molar-refractivity contribution < 1.29 is 9.13 Å². The topological polar surface area (TPSA) is 33.5 Å². The van der Waals surface area contributed by atoms with Gasteiger partial charge in [-0.1, -0.05) is 117 Å². The first-order valence-corrected chi connectivity index (χ1v) is 20.9. The van der Waals surface area contributed by atoms with Gasteiger partial charge in [0.2, 0.25) is 0 Å². The molecule has 0 radical (unpaired) electrons. The second-order valence-corrected chi connectivity index (χ2v) is 19.2. The molecule has 3 heterocycles. The third kappa shape index (κ3) is 7.19. The number of para-hydroxylation sites is 1. The number of fused-ring (bicyclic) bond motifs is 4. The lowest BCUT2D eigenvalue weighted by molar-refractivity contribution is 0.483. The van der Waals surface area contributed by atoms with Crippen LogP contribution in [0.25, 0.3) is 38.8 Å². The molecule has 1 aliphatic heterocycles. The first-order valence-electron chi connectivity index (χ1n) is 20.9. The van der Waals surface area contributed by atoms with Crippen molar-refractivity contribution in [1.29, 1.82) is 0 Å². The van der Waals surface area contributed by atoms with Gasteiger partial charge in [-0.15, -0.1) is 0 Å². The number of rotatable bonds is 6. The van der Waals surface area contributed by atoms with Gasteiger partial charge >= 0.3 is 0 Å². The zero-order valence-electron chi connectivity index (χ0n) is 36.1. The van der Waals surface area contributed by atoms with Crippen molar-refractivity contribution in [3.05, 3.63) is 168 Å². The Morgan fingerprint density at radius 1 is 0.533 bits per heavy atom. The highest BCUT2D eigenvalue weighted by Crippen LogP contribution is 2.51. The van der Waals surface area contributed by atoms with Crippen molar-refractivity contribution in [2.45, 2.75) is 78.6 Å². The summed E-state index contributed by atoms with van der Waals surface area (Å²) in [6, 6.07) is 48.0. The second-order valence-electron chi connectivity index (χ2n) is 19.2. The monoisotopic (exact) mass is 792 g/mol. The third-order valence-electron chi connectivity index (χ3n) is 11.8. The molecule has 0 spiro atoms. The Kier molecular flexibility index (Phi) is 9.38. The molecule has 0 saturated carbocycles. The summed E-state index contributed by atoms with van der Waals surface area (Å²) in [4.78, 5) is 9.66. The highest BCUT2D eigenvalue weighted by molar-refractivity contribution is 6.09. The minimum Gasteiger partial charge on any atom is -0.457 e. The van der Waals surface area contributed by atoms with Crippen molar-refractivity contribution >= 4 is 44.6 Å². The van der Waals surface area contributed by atoms with E-state index in [1.54, 1.807) is 6.07 Å². The molecule has 6 heteroatoms. The predicted octanol–water partition coefficient (Wildman–Crippen LogP) is 14.9. The molecule has 0 aliphatic carbocycles. The zero-order valence-corrected chi connectivity index (χ0v) is 36.1. The van der Waals surface area contributed by atoms with E-state index in [1.165, 1.54) is 39.7 Å². The van der Waals surface area contributed by atoms with Crippen molar-refractivity contribution in [2.75, 3.05) is 16.5 Å². The lowest BCUT2D eigenvalue weighted by Crippen LogP contribution is -2.25. The second kappa shape index (κ2) is 14.4. The fraction of sp³-hybridized carbons (Fsp3) is 0.241. The molecule has 0 saturated heterocycles. The van der Waals surface area contributed by atoms with Gasteiger partial charge < -0.3 is 14.5 Å². The normalized spacial score (nSPS) is 13.4. The van der Waals surface area contributed by atoms with Crippen molar-refractivity contribution in [3.63, 3.8) is 0 Å². The smallest absolute Gasteiger partial charge is 0.137 e. The van der Waals surface area contributed by atoms with Crippen molar-refractivity contribution in [2.24, 2.45) is 0 Å². The molecule has 0 bridgehead atoms. The van der Waals surface area contributed by atoms with Gasteiger partial charge in [0, 0.05) is 46.0 Å². The Morgan fingerprint density at radius 2 is 1.18 bits per heavy atom. The van der Waals surface area contributed by atoms with E-state index >= 15 is 0 Å². The van der Waals surface area contributed by atoms with Crippen LogP contribution in [0.1, 0.15) is 79.0 Å². The van der Waals surface area contributed by atoms with Crippen LogP contribution in [0.3, 0.4) is 0 Å². The van der Waals surface area contributed by atoms with E-state index in [0.29, 0.717) is 12.4 Å². The Hall–Kier alpha value is -6.40. The van der Waals surface area contributed by atoms with E-state index in [4.69, 9.17) is 9.72 Å². The van der Waals surface area contributed by atoms with Gasteiger partial charge in [0.15, 0.2) is 0 Å². The van der Waals surface area contributed by atoms with Crippen LogP contribution in [0, 0.1) is 5.82 Å². The lowest BCUT2D eigenvalue weighted by atomic mass is 9.80. The summed E-state index contributed by atoms with van der Waals surface area (Å²) < 4.78 is 23.6. The summed E-state index contributed by atoms with van der Waals surface area (Å²) in [7, 11) is 0. The van der Waals surface area contributed by atoms with E-state index in [-0.39, 0.29) is 22.1 Å². The molecule has 0 atom stereocenters. The number of anilines is 4. The fourth-order valence-corrected chi connectivity index (χ4v) is 8.38. The van der Waals surface area contributed by atoms with Gasteiger partial charge in [-0.05, 0) is 111 Å². The molecule has 0 amide bonds. The Balaban J connectivity index is 1.13. The average molecular weight is 793 g/mol. The zero-order chi connectivity index (χ0) is 42.1. The highest BCUT2D eigenvalue weighted by atomic mass is 19.1. The van der Waals surface area contributed by atoms with Crippen LogP contribution >= 0.6 is 0 Å². The van der Waals surface area contributed by atoms with Crippen LogP contribution in [-0.4, -0.2) is 16.2 Å². The van der Waals surface area contributed by atoms with Crippen LogP contribution in [0.2, 0.25) is 0 Å². The average Bonchev–Trinajstić information content (AvgIpc) is 3.76. The highest BCUT2D eigenvalue weighted by Gasteiger charge is 2.33. The van der Waals surface area contributed by atoms with E-state index in [2.05, 4.69) is 169 Å². The number of ether oxygens (including phenoxy) is 1. The summed E-state index contributed by atoms with van der Waals surface area (Å²) in [6.07, 6.45) is 1.84. The number of pyridine rings is 1. The largest absolute Gasteiger partial charge is 0.457 e. The van der Waals surface area contributed by atoms with Gasteiger partial charge in [0.1, 0.15) is 29.8 Å². The van der Waals surface area contributed by atoms with Crippen LogP contribution in [0.5, 0.6) is 11.5 Å². The molecular weight excluding hydrogens is 740 g/mol. The molecule has 0 N–H and O–H groups in total. The van der Waals surface area contributed by atoms with E-state index in [9.17, 15) is 4.39 Å². The number of aromatic nitrogens is 2. The summed E-state index contributed by atoms with van der Waals surface area (Å²) in [5.74, 6) is 1.85. The van der Waals surface area contributed by atoms with Crippen LogP contribution < -0.4 is 14.5 Å². The molecule has 0 unspecified atom stereocenters. The fourth-order valence-electron chi connectivity index (χ4n) is 8.38. The van der Waals surface area contributed by atoms with Gasteiger partial charge in [0.25, 0.3) is 0 Å².